The van der Waals surface area contributed by atoms with E-state index >= 15 is 0 Å². The van der Waals surface area contributed by atoms with Crippen molar-refractivity contribution in [1.29, 1.82) is 0 Å². The molecule has 0 amide bonds. The zero-order chi connectivity index (χ0) is 0. The van der Waals surface area contributed by atoms with Crippen molar-refractivity contribution >= 4 is 0 Å². The van der Waals surface area contributed by atoms with Crippen molar-refractivity contribution in [3.63, 3.8) is 0 Å². The van der Waals surface area contributed by atoms with Crippen LogP contribution in [0, 0.1) is 38.6 Å². The molecule has 0 saturated carbocycles. The van der Waals surface area contributed by atoms with Crippen LogP contribution >= 0.6 is 0 Å². The third kappa shape index (κ3) is 23.6. The Bertz CT molecular complexity index is 7.51. The predicted molar refractivity (Wildman–Crippen MR) is 0 cm³/mol. The summed E-state index contributed by atoms with van der Waals surface area (Å²) in [6.07, 6.45) is 0. The van der Waals surface area contributed by atoms with E-state index in [1.807, 2.05) is 0 Å². The van der Waals surface area contributed by atoms with Gasteiger partial charge in [-0.3, -0.25) is 0 Å². The van der Waals surface area contributed by atoms with E-state index < -0.39 is 0 Å². The van der Waals surface area contributed by atoms with Crippen LogP contribution in [0.5, 0.6) is 0 Å². The summed E-state index contributed by atoms with van der Waals surface area (Å²) in [5.74, 6) is 0. The Hall–Kier alpha value is 4.50. The second-order valence-corrected chi connectivity index (χ2v) is 0. The van der Waals surface area contributed by atoms with Gasteiger partial charge in [0, 0.05) is 0 Å². The molecule has 6 heavy (non-hydrogen) atoms. The van der Waals surface area contributed by atoms with Gasteiger partial charge in [-0.15, -0.1) is 0 Å². The number of halogens is 4. The zero-order valence-electron chi connectivity index (χ0n) is 2.85. The van der Waals surface area contributed by atoms with E-state index in [1.54, 1.807) is 0 Å². The molecule has 6 heteroatoms. The van der Waals surface area contributed by atoms with Crippen LogP contribution in [0.2, 0.25) is 0 Å². The molecular weight excluding hydrogens is 434 g/mol. The molecule has 0 rings (SSSR count). The average Bonchev–Trinajstić information content (AvgIpc) is 0. The average molecular weight is 434 g/mol. The van der Waals surface area contributed by atoms with Gasteiger partial charge in [0.1, 0.15) is 0 Å². The van der Waals surface area contributed by atoms with Gasteiger partial charge in [-0.2, -0.15) is 0 Å². The van der Waals surface area contributed by atoms with Crippen LogP contribution in [0.25, 0.3) is 0 Å². The van der Waals surface area contributed by atoms with Crippen LogP contribution in [-0.4, -0.2) is 0 Å². The van der Waals surface area contributed by atoms with Crippen LogP contribution in [0.3, 0.4) is 0 Å². The van der Waals surface area contributed by atoms with Crippen LogP contribution in [0.4, 0.5) is 0 Å². The first-order valence-electron chi connectivity index (χ1n) is 0. The summed E-state index contributed by atoms with van der Waals surface area (Å²) in [5, 5.41) is 0. The molecule has 0 saturated heterocycles. The fourth-order valence-electron chi connectivity index (χ4n) is 0. The summed E-state index contributed by atoms with van der Waals surface area (Å²) in [5.41, 5.74) is 0. The molecule has 0 unspecified atom stereocenters. The molecule has 0 spiro atoms. The van der Waals surface area contributed by atoms with Gasteiger partial charge >= 0.3 is 108 Å². The Balaban J connectivity index is 0. The summed E-state index contributed by atoms with van der Waals surface area (Å²) < 4.78 is 0. The van der Waals surface area contributed by atoms with Crippen molar-refractivity contribution in [2.45, 2.75) is 0 Å². The molecule has 0 bridgehead atoms. The van der Waals surface area contributed by atoms with Gasteiger partial charge in [-0.1, -0.05) is 0 Å². The number of hydrogen-bond acceptors (Lipinski definition) is 0. The first-order chi connectivity index (χ1) is 0. The van der Waals surface area contributed by atoms with Crippen LogP contribution in [0.1, 0.15) is 0 Å². The third-order valence-electron chi connectivity index (χ3n) is 0. The van der Waals surface area contributed by atoms with Crippen molar-refractivity contribution in [1.82, 2.24) is 0 Å². The Morgan fingerprint density at radius 3 is 0.500 bits per heavy atom. The van der Waals surface area contributed by atoms with Crippen LogP contribution < -0.4 is 119 Å². The molecule has 0 fully saturated rings. The predicted octanol–water partition coefficient (Wildman–Crippen LogP) is -15.0. The molecular formula is Cl4CsTb. The monoisotopic (exact) mass is 432 g/mol. The fourth-order valence-corrected chi connectivity index (χ4v) is 0. The number of hydrogen-bond donors (Lipinski definition) is 0. The van der Waals surface area contributed by atoms with Crippen molar-refractivity contribution in [2.75, 3.05) is 0 Å². The van der Waals surface area contributed by atoms with Crippen molar-refractivity contribution in [3.8, 4) is 0 Å². The van der Waals surface area contributed by atoms with E-state index in [9.17, 15) is 0 Å². The normalized spacial score (nSPS) is 0. The van der Waals surface area contributed by atoms with E-state index in [0.717, 1.165) is 0 Å². The van der Waals surface area contributed by atoms with E-state index in [2.05, 4.69) is 0 Å². The fraction of sp³-hybridized carbons (Fsp3) is 0. The Morgan fingerprint density at radius 2 is 0.500 bits per heavy atom. The minimum Gasteiger partial charge on any atom is -1.00 e. The molecule has 0 nitrogen and oxygen atoms in total. The van der Waals surface area contributed by atoms with E-state index in [0.29, 0.717) is 0 Å². The van der Waals surface area contributed by atoms with Gasteiger partial charge in [0.15, 0.2) is 0 Å². The van der Waals surface area contributed by atoms with Gasteiger partial charge in [0.05, 0.1) is 0 Å². The van der Waals surface area contributed by atoms with E-state index in [4.69, 9.17) is 0 Å². The maximum atomic E-state index is 0. The minimum atomic E-state index is 0. The Labute approximate surface area is 152 Å². The second kappa shape index (κ2) is 33.9. The van der Waals surface area contributed by atoms with E-state index in [-0.39, 0.29) is 157 Å². The largest absolute Gasteiger partial charge is 3.00 e. The maximum absolute atomic E-state index is 0. The quantitative estimate of drug-likeness (QED) is 0.356. The van der Waals surface area contributed by atoms with Gasteiger partial charge in [0.25, 0.3) is 0 Å². The molecule has 0 aliphatic carbocycles. The zero-order valence-corrected chi connectivity index (χ0v) is 14.3. The second-order valence-electron chi connectivity index (χ2n) is 0. The SMILES string of the molecule is [Cl-].[Cl-].[Cl-].[Cl-].[Cs+].[Tb+3]. The molecule has 0 aromatic heterocycles. The third-order valence-corrected chi connectivity index (χ3v) is 0. The Morgan fingerprint density at radius 1 is 0.500 bits per heavy atom. The first kappa shape index (κ1) is 46.8. The number of rotatable bonds is 0. The summed E-state index contributed by atoms with van der Waals surface area (Å²) >= 11 is 0. The van der Waals surface area contributed by atoms with Crippen molar-refractivity contribution in [3.05, 3.63) is 0 Å². The van der Waals surface area contributed by atoms with Gasteiger partial charge in [0.2, 0.25) is 0 Å². The molecule has 0 aromatic carbocycles. The summed E-state index contributed by atoms with van der Waals surface area (Å²) in [4.78, 5) is 0. The van der Waals surface area contributed by atoms with E-state index in [1.165, 1.54) is 0 Å². The van der Waals surface area contributed by atoms with Crippen molar-refractivity contribution in [2.24, 2.45) is 0 Å². The van der Waals surface area contributed by atoms with Crippen molar-refractivity contribution < 1.29 is 157 Å². The molecule has 0 N–H and O–H groups in total. The molecule has 38 valence electrons. The van der Waals surface area contributed by atoms with Crippen LogP contribution in [-0.2, 0) is 0 Å². The van der Waals surface area contributed by atoms with Gasteiger partial charge in [-0.25, -0.2) is 0 Å². The van der Waals surface area contributed by atoms with Gasteiger partial charge < -0.3 is 49.6 Å². The molecule has 0 heterocycles. The molecule has 0 radical (unpaired) electrons. The summed E-state index contributed by atoms with van der Waals surface area (Å²) in [7, 11) is 0. The van der Waals surface area contributed by atoms with Gasteiger partial charge in [-0.05, 0) is 0 Å². The topological polar surface area (TPSA) is 0 Å². The Kier molecular flexibility index (Phi) is 265. The van der Waals surface area contributed by atoms with Crippen LogP contribution in [0.15, 0.2) is 0 Å². The molecule has 0 aliphatic rings. The molecule has 0 atom stereocenters. The summed E-state index contributed by atoms with van der Waals surface area (Å²) in [6.45, 7) is 0. The minimum absolute atomic E-state index is 0. The molecule has 0 aliphatic heterocycles. The molecule has 0 aromatic rings. The summed E-state index contributed by atoms with van der Waals surface area (Å²) in [6, 6.07) is 0. The first-order valence-corrected chi connectivity index (χ1v) is 0. The maximum Gasteiger partial charge on any atom is 3.00 e. The smallest absolute Gasteiger partial charge is 1.00 e. The standard InChI is InChI=1S/4ClH.Cs.Tb/h4*1H;;/q;;;;+1;+3/p-4.